The maximum absolute atomic E-state index is 11.3. The Bertz CT molecular complexity index is 226. The van der Waals surface area contributed by atoms with E-state index in [4.69, 9.17) is 11.2 Å². The summed E-state index contributed by atoms with van der Waals surface area (Å²) >= 11 is 0. The van der Waals surface area contributed by atoms with Crippen molar-refractivity contribution < 1.29 is 9.53 Å². The SMILES string of the molecule is C#CC(C)NC(=O)CCC1CCCO1. The van der Waals surface area contributed by atoms with Crippen molar-refractivity contribution in [3.63, 3.8) is 0 Å². The van der Waals surface area contributed by atoms with E-state index in [-0.39, 0.29) is 18.1 Å². The molecule has 1 amide bonds. The van der Waals surface area contributed by atoms with Crippen LogP contribution in [0.25, 0.3) is 0 Å². The molecule has 1 aliphatic rings. The maximum atomic E-state index is 11.3. The lowest BCUT2D eigenvalue weighted by atomic mass is 10.1. The fraction of sp³-hybridized carbons (Fsp3) is 0.727. The van der Waals surface area contributed by atoms with Crippen LogP contribution in [0, 0.1) is 12.3 Å². The maximum Gasteiger partial charge on any atom is 0.221 e. The van der Waals surface area contributed by atoms with Crippen molar-refractivity contribution in [3.8, 4) is 12.3 Å². The third-order valence-corrected chi connectivity index (χ3v) is 2.34. The van der Waals surface area contributed by atoms with Gasteiger partial charge in [-0.25, -0.2) is 0 Å². The molecular formula is C11H17NO2. The Morgan fingerprint density at radius 3 is 3.14 bits per heavy atom. The van der Waals surface area contributed by atoms with Crippen molar-refractivity contribution in [1.29, 1.82) is 0 Å². The van der Waals surface area contributed by atoms with Gasteiger partial charge in [0, 0.05) is 13.0 Å². The summed E-state index contributed by atoms with van der Waals surface area (Å²) in [4.78, 5) is 11.3. The van der Waals surface area contributed by atoms with Crippen molar-refractivity contribution in [2.75, 3.05) is 6.61 Å². The fourth-order valence-corrected chi connectivity index (χ4v) is 1.52. The number of ether oxygens (including phenoxy) is 1. The zero-order valence-corrected chi connectivity index (χ0v) is 8.58. The highest BCUT2D eigenvalue weighted by atomic mass is 16.5. The Morgan fingerprint density at radius 1 is 1.79 bits per heavy atom. The smallest absolute Gasteiger partial charge is 0.221 e. The van der Waals surface area contributed by atoms with E-state index in [2.05, 4.69) is 11.2 Å². The number of carbonyl (C=O) groups excluding carboxylic acids is 1. The Kier molecular flexibility index (Phi) is 4.48. The number of rotatable bonds is 4. The molecule has 1 saturated heterocycles. The molecule has 14 heavy (non-hydrogen) atoms. The number of carbonyl (C=O) groups is 1. The first-order valence-corrected chi connectivity index (χ1v) is 5.09. The molecule has 0 aromatic heterocycles. The lowest BCUT2D eigenvalue weighted by Crippen LogP contribution is -2.31. The summed E-state index contributed by atoms with van der Waals surface area (Å²) < 4.78 is 5.41. The molecule has 78 valence electrons. The number of terminal acetylenes is 1. The van der Waals surface area contributed by atoms with Crippen LogP contribution in [0.1, 0.15) is 32.6 Å². The third-order valence-electron chi connectivity index (χ3n) is 2.34. The van der Waals surface area contributed by atoms with Crippen molar-refractivity contribution in [2.45, 2.75) is 44.8 Å². The van der Waals surface area contributed by atoms with E-state index in [9.17, 15) is 4.79 Å². The van der Waals surface area contributed by atoms with Gasteiger partial charge in [0.05, 0.1) is 12.1 Å². The van der Waals surface area contributed by atoms with Crippen LogP contribution in [0.2, 0.25) is 0 Å². The number of amides is 1. The van der Waals surface area contributed by atoms with Gasteiger partial charge in [-0.1, -0.05) is 5.92 Å². The first kappa shape index (κ1) is 11.1. The minimum absolute atomic E-state index is 0.0194. The van der Waals surface area contributed by atoms with Crippen LogP contribution in [-0.4, -0.2) is 24.7 Å². The Morgan fingerprint density at radius 2 is 2.57 bits per heavy atom. The zero-order valence-electron chi connectivity index (χ0n) is 8.58. The van der Waals surface area contributed by atoms with Crippen LogP contribution >= 0.6 is 0 Å². The molecule has 1 rings (SSSR count). The summed E-state index contributed by atoms with van der Waals surface area (Å²) in [6.07, 6.45) is 8.95. The second-order valence-electron chi connectivity index (χ2n) is 3.63. The average molecular weight is 195 g/mol. The number of hydrogen-bond donors (Lipinski definition) is 1. The molecule has 2 atom stereocenters. The van der Waals surface area contributed by atoms with Crippen molar-refractivity contribution in [1.82, 2.24) is 5.32 Å². The van der Waals surface area contributed by atoms with Crippen molar-refractivity contribution >= 4 is 5.91 Å². The van der Waals surface area contributed by atoms with E-state index in [0.29, 0.717) is 6.42 Å². The number of hydrogen-bond acceptors (Lipinski definition) is 2. The van der Waals surface area contributed by atoms with Gasteiger partial charge in [0.25, 0.3) is 0 Å². The third kappa shape index (κ3) is 3.80. The van der Waals surface area contributed by atoms with E-state index < -0.39 is 0 Å². The summed E-state index contributed by atoms with van der Waals surface area (Å²) in [6.45, 7) is 2.64. The van der Waals surface area contributed by atoms with Gasteiger partial charge in [-0.05, 0) is 26.2 Å². The molecule has 0 bridgehead atoms. The second kappa shape index (κ2) is 5.66. The molecule has 1 aliphatic heterocycles. The van der Waals surface area contributed by atoms with Crippen LogP contribution in [-0.2, 0) is 9.53 Å². The first-order valence-electron chi connectivity index (χ1n) is 5.09. The second-order valence-corrected chi connectivity index (χ2v) is 3.63. The summed E-state index contributed by atoms with van der Waals surface area (Å²) in [7, 11) is 0. The molecular weight excluding hydrogens is 178 g/mol. The minimum atomic E-state index is -0.174. The van der Waals surface area contributed by atoms with Crippen LogP contribution in [0.5, 0.6) is 0 Å². The Balaban J connectivity index is 2.11. The lowest BCUT2D eigenvalue weighted by molar-refractivity contribution is -0.121. The normalized spacial score (nSPS) is 22.7. The highest BCUT2D eigenvalue weighted by Gasteiger charge is 2.16. The molecule has 1 N–H and O–H groups in total. The van der Waals surface area contributed by atoms with Crippen LogP contribution in [0.3, 0.4) is 0 Å². The molecule has 3 heteroatoms. The molecule has 1 heterocycles. The van der Waals surface area contributed by atoms with Gasteiger partial charge in [-0.15, -0.1) is 6.42 Å². The van der Waals surface area contributed by atoms with E-state index >= 15 is 0 Å². The Hall–Kier alpha value is -1.01. The molecule has 0 aromatic rings. The van der Waals surface area contributed by atoms with Gasteiger partial charge in [-0.2, -0.15) is 0 Å². The summed E-state index contributed by atoms with van der Waals surface area (Å²) in [5.74, 6) is 2.48. The topological polar surface area (TPSA) is 38.3 Å². The monoisotopic (exact) mass is 195 g/mol. The Labute approximate surface area is 85.2 Å². The van der Waals surface area contributed by atoms with Crippen molar-refractivity contribution in [2.24, 2.45) is 0 Å². The fourth-order valence-electron chi connectivity index (χ4n) is 1.52. The minimum Gasteiger partial charge on any atom is -0.378 e. The molecule has 0 aromatic carbocycles. The summed E-state index contributed by atoms with van der Waals surface area (Å²) in [6, 6.07) is -0.174. The molecule has 0 saturated carbocycles. The summed E-state index contributed by atoms with van der Waals surface area (Å²) in [5, 5.41) is 2.72. The van der Waals surface area contributed by atoms with Gasteiger partial charge in [-0.3, -0.25) is 4.79 Å². The van der Waals surface area contributed by atoms with E-state index in [0.717, 1.165) is 25.9 Å². The van der Waals surface area contributed by atoms with Crippen molar-refractivity contribution in [3.05, 3.63) is 0 Å². The molecule has 2 unspecified atom stereocenters. The lowest BCUT2D eigenvalue weighted by Gasteiger charge is -2.10. The highest BCUT2D eigenvalue weighted by Crippen LogP contribution is 2.16. The van der Waals surface area contributed by atoms with Crippen LogP contribution < -0.4 is 5.32 Å². The van der Waals surface area contributed by atoms with Gasteiger partial charge in [0.2, 0.25) is 5.91 Å². The van der Waals surface area contributed by atoms with E-state index in [1.807, 2.05) is 0 Å². The molecule has 1 fully saturated rings. The van der Waals surface area contributed by atoms with Crippen LogP contribution in [0.15, 0.2) is 0 Å². The predicted molar refractivity (Wildman–Crippen MR) is 54.6 cm³/mol. The zero-order chi connectivity index (χ0) is 10.4. The highest BCUT2D eigenvalue weighted by molar-refractivity contribution is 5.76. The molecule has 0 radical (unpaired) electrons. The van der Waals surface area contributed by atoms with Gasteiger partial charge >= 0.3 is 0 Å². The predicted octanol–water partition coefficient (Wildman–Crippen LogP) is 1.08. The van der Waals surface area contributed by atoms with Gasteiger partial charge < -0.3 is 10.1 Å². The van der Waals surface area contributed by atoms with Gasteiger partial charge in [0.15, 0.2) is 0 Å². The number of nitrogens with one attached hydrogen (secondary N) is 1. The largest absolute Gasteiger partial charge is 0.378 e. The first-order chi connectivity index (χ1) is 6.72. The standard InChI is InChI=1S/C11H17NO2/c1-3-9(2)12-11(13)7-6-10-5-4-8-14-10/h1,9-10H,4-8H2,2H3,(H,12,13). The summed E-state index contributed by atoms with van der Waals surface area (Å²) in [5.41, 5.74) is 0. The van der Waals surface area contributed by atoms with Crippen LogP contribution in [0.4, 0.5) is 0 Å². The average Bonchev–Trinajstić information content (AvgIpc) is 2.67. The molecule has 0 spiro atoms. The van der Waals surface area contributed by atoms with E-state index in [1.54, 1.807) is 6.92 Å². The van der Waals surface area contributed by atoms with E-state index in [1.165, 1.54) is 0 Å². The molecule has 3 nitrogen and oxygen atoms in total. The quantitative estimate of drug-likeness (QED) is 0.682. The van der Waals surface area contributed by atoms with Gasteiger partial charge in [0.1, 0.15) is 0 Å². The molecule has 0 aliphatic carbocycles.